The molecule has 3 rings (SSSR count). The summed E-state index contributed by atoms with van der Waals surface area (Å²) in [7, 11) is -1.69. The predicted molar refractivity (Wildman–Crippen MR) is 122 cm³/mol. The third kappa shape index (κ3) is 5.24. The SMILES string of the molecule is Cc1cc(Cl)ccc1[C@@H](C/C(=N\O)c1ccc(=O)n(C)c1)c1ccc(S(C)(=O)=O)cc1. The van der Waals surface area contributed by atoms with E-state index in [1.807, 2.05) is 19.1 Å². The maximum atomic E-state index is 11.8. The predicted octanol–water partition coefficient (Wildman–Crippen LogP) is 4.15. The molecule has 0 saturated heterocycles. The Morgan fingerprint density at radius 1 is 1.13 bits per heavy atom. The Hall–Kier alpha value is -2.90. The summed E-state index contributed by atoms with van der Waals surface area (Å²) in [6, 6.07) is 15.3. The highest BCUT2D eigenvalue weighted by Gasteiger charge is 2.21. The lowest BCUT2D eigenvalue weighted by molar-refractivity contribution is 0.317. The molecule has 1 aromatic heterocycles. The largest absolute Gasteiger partial charge is 0.411 e. The van der Waals surface area contributed by atoms with Gasteiger partial charge in [0.25, 0.3) is 0 Å². The maximum Gasteiger partial charge on any atom is 0.250 e. The van der Waals surface area contributed by atoms with E-state index in [2.05, 4.69) is 5.16 Å². The van der Waals surface area contributed by atoms with Crippen molar-refractivity contribution in [3.05, 3.63) is 98.4 Å². The number of pyridine rings is 1. The number of hydrogen-bond donors (Lipinski definition) is 1. The number of rotatable bonds is 6. The van der Waals surface area contributed by atoms with E-state index in [0.717, 1.165) is 16.7 Å². The van der Waals surface area contributed by atoms with E-state index in [1.54, 1.807) is 49.6 Å². The van der Waals surface area contributed by atoms with Gasteiger partial charge in [0.15, 0.2) is 9.84 Å². The normalized spacial score (nSPS) is 13.2. The van der Waals surface area contributed by atoms with E-state index in [0.29, 0.717) is 22.7 Å². The molecule has 31 heavy (non-hydrogen) atoms. The van der Waals surface area contributed by atoms with Crippen LogP contribution in [-0.4, -0.2) is 30.2 Å². The molecule has 0 fully saturated rings. The van der Waals surface area contributed by atoms with Gasteiger partial charge in [-0.05, 0) is 53.9 Å². The van der Waals surface area contributed by atoms with Gasteiger partial charge < -0.3 is 9.77 Å². The summed E-state index contributed by atoms with van der Waals surface area (Å²) in [4.78, 5) is 12.0. The highest BCUT2D eigenvalue weighted by molar-refractivity contribution is 7.90. The van der Waals surface area contributed by atoms with Gasteiger partial charge in [-0.1, -0.05) is 35.0 Å². The number of benzene rings is 2. The topological polar surface area (TPSA) is 88.7 Å². The monoisotopic (exact) mass is 458 g/mol. The quantitative estimate of drug-likeness (QED) is 0.341. The maximum absolute atomic E-state index is 11.8. The fourth-order valence-corrected chi connectivity index (χ4v) is 4.42. The molecule has 8 heteroatoms. The first-order valence-corrected chi connectivity index (χ1v) is 11.8. The molecular weight excluding hydrogens is 436 g/mol. The molecule has 0 amide bonds. The molecule has 1 N–H and O–H groups in total. The molecule has 162 valence electrons. The van der Waals surface area contributed by atoms with Crippen LogP contribution in [-0.2, 0) is 16.9 Å². The highest BCUT2D eigenvalue weighted by Crippen LogP contribution is 2.33. The zero-order valence-electron chi connectivity index (χ0n) is 17.4. The Labute approximate surface area is 186 Å². The van der Waals surface area contributed by atoms with Crippen molar-refractivity contribution in [2.24, 2.45) is 12.2 Å². The average molecular weight is 459 g/mol. The molecular formula is C23H23ClN2O4S. The number of hydrogen-bond acceptors (Lipinski definition) is 5. The molecule has 0 radical (unpaired) electrons. The highest BCUT2D eigenvalue weighted by atomic mass is 35.5. The van der Waals surface area contributed by atoms with Crippen molar-refractivity contribution < 1.29 is 13.6 Å². The second-order valence-corrected chi connectivity index (χ2v) is 9.96. The molecule has 0 saturated carbocycles. The van der Waals surface area contributed by atoms with Gasteiger partial charge in [-0.15, -0.1) is 0 Å². The Balaban J connectivity index is 2.09. The van der Waals surface area contributed by atoms with Crippen LogP contribution in [0.1, 0.15) is 34.6 Å². The van der Waals surface area contributed by atoms with Gasteiger partial charge in [-0.25, -0.2) is 8.42 Å². The van der Waals surface area contributed by atoms with Gasteiger partial charge in [0.05, 0.1) is 10.6 Å². The summed E-state index contributed by atoms with van der Waals surface area (Å²) in [5.41, 5.74) is 3.66. The van der Waals surface area contributed by atoms with Crippen molar-refractivity contribution >= 4 is 27.1 Å². The van der Waals surface area contributed by atoms with Crippen molar-refractivity contribution in [3.63, 3.8) is 0 Å². The minimum atomic E-state index is -3.32. The van der Waals surface area contributed by atoms with Gasteiger partial charge in [0, 0.05) is 48.5 Å². The molecule has 0 unspecified atom stereocenters. The Morgan fingerprint density at radius 2 is 1.81 bits per heavy atom. The summed E-state index contributed by atoms with van der Waals surface area (Å²) < 4.78 is 25.1. The summed E-state index contributed by atoms with van der Waals surface area (Å²) >= 11 is 6.14. The molecule has 0 aliphatic heterocycles. The Morgan fingerprint density at radius 3 is 2.35 bits per heavy atom. The van der Waals surface area contributed by atoms with Crippen molar-refractivity contribution in [2.75, 3.05) is 6.26 Å². The average Bonchev–Trinajstić information content (AvgIpc) is 2.71. The smallest absolute Gasteiger partial charge is 0.250 e. The fraction of sp³-hybridized carbons (Fsp3) is 0.217. The first-order valence-electron chi connectivity index (χ1n) is 9.54. The lowest BCUT2D eigenvalue weighted by Crippen LogP contribution is -2.18. The molecule has 6 nitrogen and oxygen atoms in total. The van der Waals surface area contributed by atoms with Gasteiger partial charge in [-0.3, -0.25) is 4.79 Å². The number of aryl methyl sites for hydroxylation is 2. The zero-order valence-corrected chi connectivity index (χ0v) is 19.0. The van der Waals surface area contributed by atoms with Gasteiger partial charge in [0.2, 0.25) is 5.56 Å². The van der Waals surface area contributed by atoms with E-state index >= 15 is 0 Å². The minimum absolute atomic E-state index is 0.164. The second kappa shape index (κ2) is 9.08. The lowest BCUT2D eigenvalue weighted by atomic mass is 9.83. The molecule has 3 aromatic rings. The van der Waals surface area contributed by atoms with E-state index < -0.39 is 9.84 Å². The first kappa shape index (κ1) is 22.8. The number of aromatic nitrogens is 1. The van der Waals surface area contributed by atoms with Crippen LogP contribution in [0.3, 0.4) is 0 Å². The van der Waals surface area contributed by atoms with Crippen LogP contribution in [0.4, 0.5) is 0 Å². The number of oxime groups is 1. The molecule has 1 atom stereocenters. The fourth-order valence-electron chi connectivity index (χ4n) is 3.56. The molecule has 2 aromatic carbocycles. The van der Waals surface area contributed by atoms with Crippen LogP contribution < -0.4 is 5.56 Å². The van der Waals surface area contributed by atoms with Crippen molar-refractivity contribution in [2.45, 2.75) is 24.2 Å². The van der Waals surface area contributed by atoms with Crippen LogP contribution >= 0.6 is 11.6 Å². The summed E-state index contributed by atoms with van der Waals surface area (Å²) in [5.74, 6) is -0.228. The number of nitrogens with zero attached hydrogens (tertiary/aromatic N) is 2. The summed E-state index contributed by atoms with van der Waals surface area (Å²) in [6.45, 7) is 1.95. The number of halogens is 1. The van der Waals surface area contributed by atoms with Gasteiger partial charge in [-0.2, -0.15) is 0 Å². The van der Waals surface area contributed by atoms with Gasteiger partial charge in [0.1, 0.15) is 0 Å². The summed E-state index contributed by atoms with van der Waals surface area (Å²) in [6.07, 6.45) is 3.12. The Bertz CT molecular complexity index is 1300. The molecule has 0 bridgehead atoms. The van der Waals surface area contributed by atoms with Crippen molar-refractivity contribution in [1.29, 1.82) is 0 Å². The van der Waals surface area contributed by atoms with E-state index in [4.69, 9.17) is 11.6 Å². The molecule has 0 aliphatic carbocycles. The minimum Gasteiger partial charge on any atom is -0.411 e. The lowest BCUT2D eigenvalue weighted by Gasteiger charge is -2.21. The third-order valence-corrected chi connectivity index (χ3v) is 6.62. The van der Waals surface area contributed by atoms with E-state index in [-0.39, 0.29) is 16.4 Å². The second-order valence-electron chi connectivity index (χ2n) is 7.51. The van der Waals surface area contributed by atoms with Crippen LogP contribution in [0.5, 0.6) is 0 Å². The molecule has 0 aliphatic rings. The third-order valence-electron chi connectivity index (χ3n) is 5.26. The van der Waals surface area contributed by atoms with Crippen LogP contribution in [0.2, 0.25) is 5.02 Å². The zero-order chi connectivity index (χ0) is 22.8. The molecule has 1 heterocycles. The van der Waals surface area contributed by atoms with E-state index in [1.165, 1.54) is 16.9 Å². The number of sulfone groups is 1. The summed E-state index contributed by atoms with van der Waals surface area (Å²) in [5, 5.41) is 13.9. The van der Waals surface area contributed by atoms with Crippen LogP contribution in [0.25, 0.3) is 0 Å². The van der Waals surface area contributed by atoms with Crippen LogP contribution in [0.15, 0.2) is 75.6 Å². The van der Waals surface area contributed by atoms with Crippen molar-refractivity contribution in [3.8, 4) is 0 Å². The van der Waals surface area contributed by atoms with E-state index in [9.17, 15) is 18.4 Å². The van der Waals surface area contributed by atoms with Crippen LogP contribution in [0, 0.1) is 6.92 Å². The Kier molecular flexibility index (Phi) is 6.67. The first-order chi connectivity index (χ1) is 14.6. The van der Waals surface area contributed by atoms with Crippen molar-refractivity contribution in [1.82, 2.24) is 4.57 Å². The molecule has 0 spiro atoms. The van der Waals surface area contributed by atoms with Gasteiger partial charge >= 0.3 is 0 Å². The standard InChI is InChI=1S/C23H23ClN2O4S/c1-15-12-18(24)7-10-20(15)21(16-4-8-19(9-5-16)31(3,29)30)13-22(25-28)17-6-11-23(27)26(2)14-17/h4-12,14,21,28H,13H2,1-3H3/b25-22+/t21-/m0/s1.